The Bertz CT molecular complexity index is 614. The molecule has 0 bridgehead atoms. The molecule has 1 aromatic carbocycles. The maximum atomic E-state index is 12.0. The number of nitriles is 1. The van der Waals surface area contributed by atoms with Crippen molar-refractivity contribution >= 4 is 18.0 Å². The van der Waals surface area contributed by atoms with Crippen molar-refractivity contribution in [2.75, 3.05) is 7.11 Å². The molecule has 0 amide bonds. The van der Waals surface area contributed by atoms with Gasteiger partial charge < -0.3 is 9.53 Å². The topological polar surface area (TPSA) is 84.2 Å². The van der Waals surface area contributed by atoms with Gasteiger partial charge in [0.2, 0.25) is 0 Å². The Kier molecular flexibility index (Phi) is 3.41. The van der Waals surface area contributed by atoms with Crippen LogP contribution in [0.1, 0.15) is 24.0 Å². The van der Waals surface area contributed by atoms with Gasteiger partial charge in [0.15, 0.2) is 0 Å². The molecule has 1 fully saturated rings. The average Bonchev–Trinajstić information content (AvgIpc) is 3.16. The van der Waals surface area contributed by atoms with Crippen molar-refractivity contribution in [2.45, 2.75) is 12.8 Å². The van der Waals surface area contributed by atoms with Gasteiger partial charge in [-0.25, -0.2) is 0 Å². The molecule has 1 aliphatic rings. The number of carbonyl (C=O) groups excluding carboxylic acids is 3. The number of benzene rings is 1. The summed E-state index contributed by atoms with van der Waals surface area (Å²) in [6, 6.07) is 8.50. The summed E-state index contributed by atoms with van der Waals surface area (Å²) in [7, 11) is 1.20. The van der Waals surface area contributed by atoms with E-state index in [9.17, 15) is 14.4 Å². The highest BCUT2D eigenvalue weighted by Crippen LogP contribution is 2.65. The van der Waals surface area contributed by atoms with Crippen molar-refractivity contribution in [3.8, 4) is 6.07 Å². The molecule has 1 aliphatic carbocycles. The predicted molar refractivity (Wildman–Crippen MR) is 68.6 cm³/mol. The van der Waals surface area contributed by atoms with E-state index >= 15 is 0 Å². The molecule has 5 heteroatoms. The zero-order valence-electron chi connectivity index (χ0n) is 11.1. The van der Waals surface area contributed by atoms with E-state index in [0.717, 1.165) is 0 Å². The fourth-order valence-corrected chi connectivity index (χ4v) is 2.87. The normalized spacial score (nSPS) is 27.2. The maximum Gasteiger partial charge on any atom is 0.320 e. The van der Waals surface area contributed by atoms with E-state index in [1.807, 2.05) is 6.07 Å². The number of rotatable bonds is 4. The van der Waals surface area contributed by atoms with Crippen molar-refractivity contribution < 1.29 is 19.1 Å². The van der Waals surface area contributed by atoms with Crippen LogP contribution in [-0.2, 0) is 19.1 Å². The zero-order chi connectivity index (χ0) is 14.9. The second-order valence-corrected chi connectivity index (χ2v) is 4.79. The van der Waals surface area contributed by atoms with Crippen LogP contribution in [0.15, 0.2) is 24.3 Å². The minimum Gasteiger partial charge on any atom is -0.468 e. The number of esters is 1. The fourth-order valence-electron chi connectivity index (χ4n) is 2.87. The third kappa shape index (κ3) is 1.73. The minimum absolute atomic E-state index is 0.379. The third-order valence-corrected chi connectivity index (χ3v) is 3.92. The summed E-state index contributed by atoms with van der Waals surface area (Å²) in [4.78, 5) is 35.1. The third-order valence-electron chi connectivity index (χ3n) is 3.92. The molecule has 3 atom stereocenters. The number of ketones is 1. The quantitative estimate of drug-likeness (QED) is 0.467. The van der Waals surface area contributed by atoms with Crippen molar-refractivity contribution in [3.05, 3.63) is 35.4 Å². The Balaban J connectivity index is 2.45. The maximum absolute atomic E-state index is 12.0. The molecule has 5 nitrogen and oxygen atoms in total. The number of ether oxygens (including phenoxy) is 1. The van der Waals surface area contributed by atoms with Crippen molar-refractivity contribution in [3.63, 3.8) is 0 Å². The van der Waals surface area contributed by atoms with Crippen LogP contribution in [0.3, 0.4) is 0 Å². The highest BCUT2D eigenvalue weighted by Gasteiger charge is 2.74. The summed E-state index contributed by atoms with van der Waals surface area (Å²) in [6.07, 6.45) is 0.626. The summed E-state index contributed by atoms with van der Waals surface area (Å²) in [5.41, 5.74) is -0.254. The molecular weight excluding hydrogens is 258 g/mol. The van der Waals surface area contributed by atoms with Gasteiger partial charge in [0, 0.05) is 11.8 Å². The van der Waals surface area contributed by atoms with Gasteiger partial charge >= 0.3 is 5.97 Å². The van der Waals surface area contributed by atoms with E-state index in [-0.39, 0.29) is 5.78 Å². The van der Waals surface area contributed by atoms with E-state index in [0.29, 0.717) is 17.4 Å². The summed E-state index contributed by atoms with van der Waals surface area (Å²) in [5.74, 6) is -2.29. The van der Waals surface area contributed by atoms with E-state index in [1.165, 1.54) is 14.0 Å². The van der Waals surface area contributed by atoms with Crippen LogP contribution >= 0.6 is 0 Å². The van der Waals surface area contributed by atoms with Gasteiger partial charge in [0.25, 0.3) is 0 Å². The van der Waals surface area contributed by atoms with Crippen LogP contribution in [0, 0.1) is 22.7 Å². The Morgan fingerprint density at radius 2 is 1.95 bits per heavy atom. The van der Waals surface area contributed by atoms with Crippen LogP contribution in [0.4, 0.5) is 0 Å². The monoisotopic (exact) mass is 271 g/mol. The van der Waals surface area contributed by atoms with Crippen LogP contribution in [-0.4, -0.2) is 25.1 Å². The number of aldehydes is 1. The lowest BCUT2D eigenvalue weighted by Crippen LogP contribution is -2.29. The Labute approximate surface area is 116 Å². The average molecular weight is 271 g/mol. The number of methoxy groups -OCH3 is 1. The Morgan fingerprint density at radius 3 is 2.35 bits per heavy atom. The van der Waals surface area contributed by atoms with E-state index in [2.05, 4.69) is 0 Å². The van der Waals surface area contributed by atoms with Gasteiger partial charge in [-0.05, 0) is 24.6 Å². The first-order valence-corrected chi connectivity index (χ1v) is 6.08. The van der Waals surface area contributed by atoms with Gasteiger partial charge in [-0.2, -0.15) is 5.26 Å². The van der Waals surface area contributed by atoms with E-state index in [1.54, 1.807) is 24.3 Å². The molecule has 2 rings (SSSR count). The molecule has 0 heterocycles. The number of nitrogens with zero attached hydrogens (tertiary/aromatic N) is 1. The van der Waals surface area contributed by atoms with Crippen LogP contribution in [0.5, 0.6) is 0 Å². The molecule has 1 unspecified atom stereocenters. The van der Waals surface area contributed by atoms with E-state index < -0.39 is 23.2 Å². The van der Waals surface area contributed by atoms with Gasteiger partial charge in [0.05, 0.1) is 18.7 Å². The van der Waals surface area contributed by atoms with Crippen LogP contribution < -0.4 is 0 Å². The Morgan fingerprint density at radius 1 is 1.35 bits per heavy atom. The number of Topliss-reactive ketones (excluding diaryl/α,β-unsaturated/α-hetero) is 1. The molecule has 1 aromatic rings. The number of hydrogen-bond acceptors (Lipinski definition) is 5. The van der Waals surface area contributed by atoms with Gasteiger partial charge in [-0.1, -0.05) is 12.1 Å². The lowest BCUT2D eigenvalue weighted by Gasteiger charge is -2.11. The first-order valence-electron chi connectivity index (χ1n) is 6.08. The van der Waals surface area contributed by atoms with Gasteiger partial charge in [0.1, 0.15) is 17.5 Å². The first kappa shape index (κ1) is 13.9. The number of hydrogen-bond donors (Lipinski definition) is 0. The molecule has 0 spiro atoms. The van der Waals surface area contributed by atoms with Crippen molar-refractivity contribution in [1.29, 1.82) is 5.26 Å². The van der Waals surface area contributed by atoms with Crippen molar-refractivity contribution in [1.82, 2.24) is 0 Å². The standard InChI is InChI=1S/C15H13NO4/c1-9(18)15(14(19)20-2)12(8-17)13(15)11-5-3-10(7-16)4-6-11/h3-6,8,12-13H,1-2H3/t12-,13-,15?/m1/s1. The highest BCUT2D eigenvalue weighted by molar-refractivity contribution is 6.11. The first-order chi connectivity index (χ1) is 9.53. The summed E-state index contributed by atoms with van der Waals surface area (Å²) in [5, 5.41) is 8.76. The molecule has 0 saturated heterocycles. The smallest absolute Gasteiger partial charge is 0.320 e. The SMILES string of the molecule is COC(=O)C1(C(C)=O)[C@H](C=O)[C@H]1c1ccc(C#N)cc1. The molecular formula is C15H13NO4. The number of carbonyl (C=O) groups is 3. The molecule has 0 radical (unpaired) electrons. The summed E-state index contributed by atoms with van der Waals surface area (Å²) >= 11 is 0. The summed E-state index contributed by atoms with van der Waals surface area (Å²) < 4.78 is 4.70. The largest absolute Gasteiger partial charge is 0.468 e. The fraction of sp³-hybridized carbons (Fsp3) is 0.333. The second-order valence-electron chi connectivity index (χ2n) is 4.79. The van der Waals surface area contributed by atoms with Gasteiger partial charge in [-0.3, -0.25) is 9.59 Å². The van der Waals surface area contributed by atoms with Crippen LogP contribution in [0.25, 0.3) is 0 Å². The zero-order valence-corrected chi connectivity index (χ0v) is 11.1. The second kappa shape index (κ2) is 4.89. The summed E-state index contributed by atoms with van der Waals surface area (Å²) in [6.45, 7) is 1.29. The Hall–Kier alpha value is -2.48. The molecule has 0 aromatic heterocycles. The molecule has 0 N–H and O–H groups in total. The molecule has 1 saturated carbocycles. The van der Waals surface area contributed by atoms with Crippen LogP contribution in [0.2, 0.25) is 0 Å². The lowest BCUT2D eigenvalue weighted by molar-refractivity contribution is -0.152. The van der Waals surface area contributed by atoms with Crippen molar-refractivity contribution in [2.24, 2.45) is 11.3 Å². The van der Waals surface area contributed by atoms with E-state index in [4.69, 9.17) is 10.00 Å². The molecule has 20 heavy (non-hydrogen) atoms. The van der Waals surface area contributed by atoms with Gasteiger partial charge in [-0.15, -0.1) is 0 Å². The predicted octanol–water partition coefficient (Wildman–Crippen LogP) is 1.22. The lowest BCUT2D eigenvalue weighted by atomic mass is 9.94. The highest BCUT2D eigenvalue weighted by atomic mass is 16.5. The molecule has 0 aliphatic heterocycles. The molecule has 102 valence electrons. The minimum atomic E-state index is -1.41.